The van der Waals surface area contributed by atoms with Crippen molar-refractivity contribution in [2.45, 2.75) is 19.9 Å². The van der Waals surface area contributed by atoms with Gasteiger partial charge in [-0.25, -0.2) is 0 Å². The Hall–Kier alpha value is -1.81. The Balaban J connectivity index is 2.34. The molecule has 1 heterocycles. The lowest BCUT2D eigenvalue weighted by Crippen LogP contribution is -2.03. The van der Waals surface area contributed by atoms with Gasteiger partial charge in [-0.2, -0.15) is 5.10 Å². The van der Waals surface area contributed by atoms with E-state index in [1.165, 1.54) is 7.11 Å². The first-order valence-corrected chi connectivity index (χ1v) is 6.44. The summed E-state index contributed by atoms with van der Waals surface area (Å²) in [7, 11) is 1.53. The molecule has 2 aromatic rings. The minimum absolute atomic E-state index is 0.137. The van der Waals surface area contributed by atoms with Gasteiger partial charge in [-0.1, -0.05) is 18.5 Å². The van der Waals surface area contributed by atoms with E-state index < -0.39 is 0 Å². The molecule has 0 saturated carbocycles. The SMILES string of the molecule is CCCn1cc(C(=O)c2cc(Cl)ccc2OC)cn1. The van der Waals surface area contributed by atoms with Gasteiger partial charge in [0.1, 0.15) is 5.75 Å². The highest BCUT2D eigenvalue weighted by molar-refractivity contribution is 6.31. The molecule has 19 heavy (non-hydrogen) atoms. The second-order valence-corrected chi connectivity index (χ2v) is 4.60. The molecular formula is C14H15ClN2O2. The fraction of sp³-hybridized carbons (Fsp3) is 0.286. The van der Waals surface area contributed by atoms with Crippen molar-refractivity contribution in [2.24, 2.45) is 0 Å². The van der Waals surface area contributed by atoms with Crippen LogP contribution >= 0.6 is 11.6 Å². The van der Waals surface area contributed by atoms with Crippen LogP contribution in [0.25, 0.3) is 0 Å². The second kappa shape index (κ2) is 5.89. The zero-order chi connectivity index (χ0) is 13.8. The summed E-state index contributed by atoms with van der Waals surface area (Å²) in [6.45, 7) is 2.85. The van der Waals surface area contributed by atoms with E-state index in [1.54, 1.807) is 35.3 Å². The predicted octanol–water partition coefficient (Wildman–Crippen LogP) is 3.19. The molecule has 100 valence electrons. The molecule has 0 atom stereocenters. The molecule has 0 aliphatic rings. The summed E-state index contributed by atoms with van der Waals surface area (Å²) >= 11 is 5.93. The van der Waals surface area contributed by atoms with Crippen molar-refractivity contribution in [3.8, 4) is 5.75 Å². The molecule has 0 radical (unpaired) electrons. The molecule has 0 unspecified atom stereocenters. The number of aryl methyl sites for hydroxylation is 1. The Labute approximate surface area is 116 Å². The second-order valence-electron chi connectivity index (χ2n) is 4.17. The molecule has 1 aromatic heterocycles. The Bertz CT molecular complexity index is 593. The summed E-state index contributed by atoms with van der Waals surface area (Å²) in [4.78, 5) is 12.4. The van der Waals surface area contributed by atoms with Gasteiger partial charge in [0.25, 0.3) is 0 Å². The fourth-order valence-electron chi connectivity index (χ4n) is 1.85. The molecule has 0 N–H and O–H groups in total. The number of halogens is 1. The number of ketones is 1. The van der Waals surface area contributed by atoms with Crippen LogP contribution in [0.15, 0.2) is 30.6 Å². The van der Waals surface area contributed by atoms with Crippen LogP contribution in [-0.4, -0.2) is 22.7 Å². The third-order valence-corrected chi connectivity index (χ3v) is 2.99. The molecule has 0 saturated heterocycles. The third kappa shape index (κ3) is 2.96. The number of nitrogens with zero attached hydrogens (tertiary/aromatic N) is 2. The third-order valence-electron chi connectivity index (χ3n) is 2.75. The predicted molar refractivity (Wildman–Crippen MR) is 74.0 cm³/mol. The number of carbonyl (C=O) groups excluding carboxylic acids is 1. The molecule has 1 aromatic carbocycles. The number of hydrogen-bond acceptors (Lipinski definition) is 3. The van der Waals surface area contributed by atoms with Crippen LogP contribution in [0.3, 0.4) is 0 Å². The van der Waals surface area contributed by atoms with E-state index in [0.717, 1.165) is 13.0 Å². The Morgan fingerprint density at radius 3 is 2.95 bits per heavy atom. The van der Waals surface area contributed by atoms with Gasteiger partial charge in [0.2, 0.25) is 0 Å². The van der Waals surface area contributed by atoms with Crippen LogP contribution in [-0.2, 0) is 6.54 Å². The van der Waals surface area contributed by atoms with Gasteiger partial charge in [0.15, 0.2) is 5.78 Å². The highest BCUT2D eigenvalue weighted by Crippen LogP contribution is 2.25. The number of rotatable bonds is 5. The Morgan fingerprint density at radius 2 is 2.26 bits per heavy atom. The van der Waals surface area contributed by atoms with Gasteiger partial charge < -0.3 is 4.74 Å². The number of benzene rings is 1. The van der Waals surface area contributed by atoms with Crippen molar-refractivity contribution >= 4 is 17.4 Å². The van der Waals surface area contributed by atoms with E-state index in [0.29, 0.717) is 21.9 Å². The van der Waals surface area contributed by atoms with Crippen LogP contribution in [0.5, 0.6) is 5.75 Å². The maximum atomic E-state index is 12.4. The van der Waals surface area contributed by atoms with Gasteiger partial charge >= 0.3 is 0 Å². The van der Waals surface area contributed by atoms with Crippen molar-refractivity contribution in [3.05, 3.63) is 46.7 Å². The topological polar surface area (TPSA) is 44.1 Å². The molecule has 0 fully saturated rings. The first-order chi connectivity index (χ1) is 9.15. The molecule has 0 aliphatic heterocycles. The van der Waals surface area contributed by atoms with Crippen molar-refractivity contribution < 1.29 is 9.53 Å². The molecular weight excluding hydrogens is 264 g/mol. The number of methoxy groups -OCH3 is 1. The Kier molecular flexibility index (Phi) is 4.22. The fourth-order valence-corrected chi connectivity index (χ4v) is 2.02. The van der Waals surface area contributed by atoms with Gasteiger partial charge in [-0.15, -0.1) is 0 Å². The number of ether oxygens (including phenoxy) is 1. The smallest absolute Gasteiger partial charge is 0.199 e. The monoisotopic (exact) mass is 278 g/mol. The lowest BCUT2D eigenvalue weighted by Gasteiger charge is -2.06. The largest absolute Gasteiger partial charge is 0.496 e. The Morgan fingerprint density at radius 1 is 1.47 bits per heavy atom. The van der Waals surface area contributed by atoms with Crippen molar-refractivity contribution in [2.75, 3.05) is 7.11 Å². The van der Waals surface area contributed by atoms with Gasteiger partial charge in [0.05, 0.1) is 24.4 Å². The van der Waals surface area contributed by atoms with E-state index in [-0.39, 0.29) is 5.78 Å². The van der Waals surface area contributed by atoms with E-state index in [9.17, 15) is 4.79 Å². The quantitative estimate of drug-likeness (QED) is 0.789. The standard InChI is InChI=1S/C14H15ClN2O2/c1-3-6-17-9-10(8-16-17)14(18)12-7-11(15)4-5-13(12)19-2/h4-5,7-9H,3,6H2,1-2H3. The van der Waals surface area contributed by atoms with E-state index in [2.05, 4.69) is 12.0 Å². The number of aromatic nitrogens is 2. The van der Waals surface area contributed by atoms with E-state index >= 15 is 0 Å². The van der Waals surface area contributed by atoms with Crippen molar-refractivity contribution in [1.82, 2.24) is 9.78 Å². The van der Waals surface area contributed by atoms with Crippen LogP contribution in [0, 0.1) is 0 Å². The zero-order valence-electron chi connectivity index (χ0n) is 10.9. The first kappa shape index (κ1) is 13.6. The van der Waals surface area contributed by atoms with Gasteiger partial charge in [-0.05, 0) is 24.6 Å². The number of carbonyl (C=O) groups is 1. The van der Waals surface area contributed by atoms with Gasteiger partial charge in [-0.3, -0.25) is 9.48 Å². The molecule has 0 spiro atoms. The molecule has 0 bridgehead atoms. The molecule has 0 amide bonds. The average molecular weight is 279 g/mol. The lowest BCUT2D eigenvalue weighted by molar-refractivity contribution is 0.103. The van der Waals surface area contributed by atoms with Crippen molar-refractivity contribution in [1.29, 1.82) is 0 Å². The van der Waals surface area contributed by atoms with E-state index in [1.807, 2.05) is 0 Å². The van der Waals surface area contributed by atoms with Crippen LogP contribution < -0.4 is 4.74 Å². The normalized spacial score (nSPS) is 10.5. The lowest BCUT2D eigenvalue weighted by atomic mass is 10.1. The summed E-state index contributed by atoms with van der Waals surface area (Å²) in [5.41, 5.74) is 0.986. The maximum Gasteiger partial charge on any atom is 0.199 e. The van der Waals surface area contributed by atoms with Gasteiger partial charge in [0, 0.05) is 17.8 Å². The summed E-state index contributed by atoms with van der Waals surface area (Å²) in [6.07, 6.45) is 4.28. The minimum Gasteiger partial charge on any atom is -0.496 e. The first-order valence-electron chi connectivity index (χ1n) is 6.06. The van der Waals surface area contributed by atoms with Crippen LogP contribution in [0.1, 0.15) is 29.3 Å². The summed E-state index contributed by atoms with van der Waals surface area (Å²) < 4.78 is 6.94. The molecule has 2 rings (SSSR count). The maximum absolute atomic E-state index is 12.4. The highest BCUT2D eigenvalue weighted by atomic mass is 35.5. The molecule has 4 nitrogen and oxygen atoms in total. The van der Waals surface area contributed by atoms with Crippen molar-refractivity contribution in [3.63, 3.8) is 0 Å². The highest BCUT2D eigenvalue weighted by Gasteiger charge is 2.16. The van der Waals surface area contributed by atoms with Crippen LogP contribution in [0.2, 0.25) is 5.02 Å². The molecule has 5 heteroatoms. The minimum atomic E-state index is -0.137. The summed E-state index contributed by atoms with van der Waals surface area (Å²) in [5.74, 6) is 0.374. The van der Waals surface area contributed by atoms with E-state index in [4.69, 9.17) is 16.3 Å². The molecule has 0 aliphatic carbocycles. The average Bonchev–Trinajstić information content (AvgIpc) is 2.87. The number of hydrogen-bond donors (Lipinski definition) is 0. The van der Waals surface area contributed by atoms with Crippen LogP contribution in [0.4, 0.5) is 0 Å². The zero-order valence-corrected chi connectivity index (χ0v) is 11.6. The summed E-state index contributed by atoms with van der Waals surface area (Å²) in [5, 5.41) is 4.66. The summed E-state index contributed by atoms with van der Waals surface area (Å²) in [6, 6.07) is 4.99.